The third-order valence-corrected chi connectivity index (χ3v) is 14.7. The number of ketones is 1. The molecule has 8 heteroatoms. The molecule has 3 aliphatic rings. The van der Waals surface area contributed by atoms with E-state index in [9.17, 15) is 19.8 Å². The van der Waals surface area contributed by atoms with Crippen LogP contribution in [0.4, 0.5) is 0 Å². The summed E-state index contributed by atoms with van der Waals surface area (Å²) < 4.78 is 19.2. The molecule has 1 aliphatic heterocycles. The van der Waals surface area contributed by atoms with Gasteiger partial charge >= 0.3 is 5.97 Å². The highest BCUT2D eigenvalue weighted by molar-refractivity contribution is 6.74. The van der Waals surface area contributed by atoms with Crippen LogP contribution in [0.3, 0.4) is 0 Å². The molecule has 0 unspecified atom stereocenters. The topological polar surface area (TPSA) is 102 Å². The van der Waals surface area contributed by atoms with Gasteiger partial charge in [0.1, 0.15) is 5.60 Å². The summed E-state index contributed by atoms with van der Waals surface area (Å²) in [5.41, 5.74) is -6.61. The Morgan fingerprint density at radius 2 is 1.75 bits per heavy atom. The zero-order valence-electron chi connectivity index (χ0n) is 24.2. The van der Waals surface area contributed by atoms with Crippen molar-refractivity contribution in [2.45, 2.75) is 135 Å². The molecule has 0 bridgehead atoms. The summed E-state index contributed by atoms with van der Waals surface area (Å²) in [4.78, 5) is 26.5. The maximum absolute atomic E-state index is 14.2. The normalized spacial score (nSPS) is 44.9. The minimum absolute atomic E-state index is 0.0823. The van der Waals surface area contributed by atoms with E-state index in [1.165, 1.54) is 13.0 Å². The Morgan fingerprint density at radius 3 is 2.22 bits per heavy atom. The van der Waals surface area contributed by atoms with E-state index in [-0.39, 0.29) is 11.5 Å². The second-order valence-corrected chi connectivity index (χ2v) is 19.0. The molecule has 36 heavy (non-hydrogen) atoms. The SMILES string of the molecule is C=C[C@@]1(C)CC(=O)[C@]2(O)[C@@]3(C)[C@@H](O[Si](C)(C)C(C)(C)C)CCC(C)(C)[C@@H]3[C@H](O)[C@H](OC(C)=O)[C@@]2(C)O1. The maximum Gasteiger partial charge on any atom is 0.303 e. The number of Topliss-reactive ketones (excluding diaryl/α,β-unsaturated/α-hetero) is 1. The van der Waals surface area contributed by atoms with Gasteiger partial charge in [0.15, 0.2) is 25.8 Å². The molecule has 8 atom stereocenters. The zero-order valence-corrected chi connectivity index (χ0v) is 25.2. The van der Waals surface area contributed by atoms with Gasteiger partial charge in [-0.15, -0.1) is 6.58 Å². The lowest BCUT2D eigenvalue weighted by atomic mass is 9.40. The molecule has 0 aromatic carbocycles. The summed E-state index contributed by atoms with van der Waals surface area (Å²) in [5.74, 6) is -1.62. The number of esters is 1. The van der Waals surface area contributed by atoms with Crippen LogP contribution in [0.15, 0.2) is 12.7 Å². The van der Waals surface area contributed by atoms with Gasteiger partial charge in [0, 0.05) is 24.7 Å². The van der Waals surface area contributed by atoms with Crippen molar-refractivity contribution in [2.24, 2.45) is 16.7 Å². The Morgan fingerprint density at radius 1 is 1.19 bits per heavy atom. The molecule has 206 valence electrons. The lowest BCUT2D eigenvalue weighted by Crippen LogP contribution is -2.87. The van der Waals surface area contributed by atoms with Crippen molar-refractivity contribution in [3.8, 4) is 0 Å². The van der Waals surface area contributed by atoms with Crippen LogP contribution in [-0.4, -0.2) is 65.4 Å². The summed E-state index contributed by atoms with van der Waals surface area (Å²) in [6, 6.07) is 0. The lowest BCUT2D eigenvalue weighted by Gasteiger charge is -2.72. The molecule has 3 rings (SSSR count). The van der Waals surface area contributed by atoms with Crippen LogP contribution in [0.1, 0.15) is 81.6 Å². The molecule has 0 aromatic heterocycles. The van der Waals surface area contributed by atoms with E-state index in [0.717, 1.165) is 6.42 Å². The largest absolute Gasteiger partial charge is 0.457 e. The Balaban J connectivity index is 2.34. The first kappa shape index (κ1) is 29.5. The van der Waals surface area contributed by atoms with E-state index >= 15 is 0 Å². The maximum atomic E-state index is 14.2. The quantitative estimate of drug-likeness (QED) is 0.316. The Kier molecular flexibility index (Phi) is 6.94. The zero-order chi connectivity index (χ0) is 27.9. The van der Waals surface area contributed by atoms with Gasteiger partial charge in [-0.25, -0.2) is 0 Å². The van der Waals surface area contributed by atoms with E-state index in [2.05, 4.69) is 40.4 Å². The van der Waals surface area contributed by atoms with Gasteiger partial charge in [-0.1, -0.05) is 47.6 Å². The predicted molar refractivity (Wildman–Crippen MR) is 141 cm³/mol. The van der Waals surface area contributed by atoms with Gasteiger partial charge in [-0.05, 0) is 50.2 Å². The predicted octanol–water partition coefficient (Wildman–Crippen LogP) is 4.55. The first-order chi connectivity index (χ1) is 16.0. The lowest BCUT2D eigenvalue weighted by molar-refractivity contribution is -0.369. The van der Waals surface area contributed by atoms with E-state index < -0.39 is 71.9 Å². The molecule has 7 nitrogen and oxygen atoms in total. The highest BCUT2D eigenvalue weighted by Crippen LogP contribution is 2.68. The fourth-order valence-corrected chi connectivity index (χ4v) is 8.78. The fraction of sp³-hybridized carbons (Fsp3) is 0.857. The van der Waals surface area contributed by atoms with E-state index in [4.69, 9.17) is 13.9 Å². The second kappa shape index (κ2) is 8.47. The van der Waals surface area contributed by atoms with Gasteiger partial charge < -0.3 is 24.1 Å². The molecule has 3 fully saturated rings. The fourth-order valence-electron chi connectivity index (χ4n) is 7.35. The summed E-state index contributed by atoms with van der Waals surface area (Å²) >= 11 is 0. The number of hydrogen-bond acceptors (Lipinski definition) is 7. The second-order valence-electron chi connectivity index (χ2n) is 14.2. The van der Waals surface area contributed by atoms with Gasteiger partial charge in [-0.3, -0.25) is 9.59 Å². The number of ether oxygens (including phenoxy) is 2. The summed E-state index contributed by atoms with van der Waals surface area (Å²) in [6.07, 6.45) is -0.145. The molecular formula is C28H48O7Si. The van der Waals surface area contributed by atoms with Gasteiger partial charge in [0.2, 0.25) is 0 Å². The van der Waals surface area contributed by atoms with Crippen LogP contribution in [0.5, 0.6) is 0 Å². The van der Waals surface area contributed by atoms with Crippen molar-refractivity contribution in [3.63, 3.8) is 0 Å². The third kappa shape index (κ3) is 3.89. The van der Waals surface area contributed by atoms with Crippen LogP contribution in [0.25, 0.3) is 0 Å². The molecular weight excluding hydrogens is 476 g/mol. The van der Waals surface area contributed by atoms with Crippen molar-refractivity contribution in [3.05, 3.63) is 12.7 Å². The van der Waals surface area contributed by atoms with Gasteiger partial charge in [-0.2, -0.15) is 0 Å². The highest BCUT2D eigenvalue weighted by Gasteiger charge is 2.81. The van der Waals surface area contributed by atoms with Crippen LogP contribution >= 0.6 is 0 Å². The summed E-state index contributed by atoms with van der Waals surface area (Å²) in [5, 5.41) is 24.7. The minimum Gasteiger partial charge on any atom is -0.457 e. The number of aliphatic hydroxyl groups excluding tert-OH is 1. The van der Waals surface area contributed by atoms with E-state index in [0.29, 0.717) is 6.42 Å². The minimum atomic E-state index is -2.34. The molecule has 2 N–H and O–H groups in total. The molecule has 0 spiro atoms. The van der Waals surface area contributed by atoms with Crippen LogP contribution in [-0.2, 0) is 23.5 Å². The molecule has 1 saturated heterocycles. The molecule has 0 radical (unpaired) electrons. The van der Waals surface area contributed by atoms with Crippen LogP contribution < -0.4 is 0 Å². The Labute approximate surface area is 218 Å². The van der Waals surface area contributed by atoms with E-state index in [1.54, 1.807) is 13.8 Å². The first-order valence-electron chi connectivity index (χ1n) is 13.2. The average Bonchev–Trinajstić information content (AvgIpc) is 2.70. The first-order valence-corrected chi connectivity index (χ1v) is 16.1. The number of carbonyl (C=O) groups excluding carboxylic acids is 2. The number of hydrogen-bond donors (Lipinski definition) is 2. The standard InChI is InChI=1S/C28H48O7Si/c1-13-25(8)16-18(30)28(32)26(9)19(34-36(11,12)23(3,4)5)14-15-24(6,7)21(26)20(31)22(33-17(2)29)27(28,10)35-25/h13,19-22,31-32H,1,14-16H2,2-12H3/t19-,20-,21-,22-,25-,26-,27+,28-/m0/s1. The monoisotopic (exact) mass is 524 g/mol. The number of aliphatic hydroxyl groups is 2. The van der Waals surface area contributed by atoms with Crippen molar-refractivity contribution in [2.75, 3.05) is 0 Å². The highest BCUT2D eigenvalue weighted by atomic mass is 28.4. The average molecular weight is 525 g/mol. The smallest absolute Gasteiger partial charge is 0.303 e. The molecule has 0 amide bonds. The van der Waals surface area contributed by atoms with Crippen molar-refractivity contribution in [1.29, 1.82) is 0 Å². The summed E-state index contributed by atoms with van der Waals surface area (Å²) in [6.45, 7) is 25.2. The number of rotatable bonds is 4. The van der Waals surface area contributed by atoms with Gasteiger partial charge in [0.05, 0.1) is 17.8 Å². The van der Waals surface area contributed by atoms with Crippen LogP contribution in [0, 0.1) is 16.7 Å². The molecule has 2 aliphatic carbocycles. The van der Waals surface area contributed by atoms with Crippen molar-refractivity contribution in [1.82, 2.24) is 0 Å². The number of fused-ring (bicyclic) bond motifs is 3. The van der Waals surface area contributed by atoms with Crippen molar-refractivity contribution < 1.29 is 33.7 Å². The molecule has 0 aromatic rings. The van der Waals surface area contributed by atoms with Gasteiger partial charge in [0.25, 0.3) is 0 Å². The third-order valence-electron chi connectivity index (χ3n) is 10.2. The molecule has 1 heterocycles. The van der Waals surface area contributed by atoms with Crippen LogP contribution in [0.2, 0.25) is 18.1 Å². The molecule has 2 saturated carbocycles. The Hall–Kier alpha value is -1.06. The Bertz CT molecular complexity index is 939. The number of carbonyl (C=O) groups is 2. The summed E-state index contributed by atoms with van der Waals surface area (Å²) in [7, 11) is -2.34. The van der Waals surface area contributed by atoms with E-state index in [1.807, 2.05) is 20.8 Å². The van der Waals surface area contributed by atoms with Crippen molar-refractivity contribution >= 4 is 20.1 Å².